The van der Waals surface area contributed by atoms with Gasteiger partial charge in [-0.3, -0.25) is 28.5 Å². The minimum absolute atomic E-state index is 0.0154. The lowest BCUT2D eigenvalue weighted by Gasteiger charge is -2.39. The molecule has 0 bridgehead atoms. The molecule has 8 N–H and O–H groups in total. The van der Waals surface area contributed by atoms with Crippen LogP contribution in [0.2, 0.25) is 0 Å². The number of aromatic amines is 1. The number of aliphatic hydroxyl groups is 1. The molecule has 2 aromatic carbocycles. The summed E-state index contributed by atoms with van der Waals surface area (Å²) < 4.78 is 55.8. The van der Waals surface area contributed by atoms with Gasteiger partial charge in [-0.1, -0.05) is 50.0 Å². The second-order valence-electron chi connectivity index (χ2n) is 18.1. The minimum Gasteiger partial charge on any atom is -0.756 e. The standard InChI is InChI=1S/C46H55N8O15P3/c1-46(2)34-22-28(51(3)4)16-18-32(34)41(33-19-17-29(52(5)6)23-35(33)46)30-13-8-9-14-31(30)44(58)53(7)21-11-15-38(56)48-20-10-12-27-25-54(42-40(27)43(57)50-45(47)49-42)39-24-36(55)37(67-39)26-66-71(62,63)69-72(64,65)68-70(59,60)61/h8-9,13-14,16-19,22-23,25,36-37,39,55H,11,15,20-21,24,26H2,1-7H3,(H7-,47,48,49,50,56,57,59,60,61,62,63,64,65)/t36-,37+,39+/m0/s1. The number of aliphatic hydroxyl groups excluding tert-OH is 1. The summed E-state index contributed by atoms with van der Waals surface area (Å²) in [6, 6.07) is 14.0. The van der Waals surface area contributed by atoms with E-state index in [0.29, 0.717) is 12.0 Å². The van der Waals surface area contributed by atoms with Crippen molar-refractivity contribution < 1.29 is 70.4 Å². The molecule has 1 aliphatic heterocycles. The van der Waals surface area contributed by atoms with Gasteiger partial charge in [0.2, 0.25) is 11.9 Å². The molecule has 0 radical (unpaired) electrons. The van der Waals surface area contributed by atoms with Gasteiger partial charge < -0.3 is 54.8 Å². The molecular weight excluding hydrogens is 997 g/mol. The number of nitrogens with two attached hydrogens (primary N) is 1. The molecule has 2 aliphatic carbocycles. The lowest BCUT2D eigenvalue weighted by Crippen LogP contribution is -2.32. The molecule has 384 valence electrons. The van der Waals surface area contributed by atoms with E-state index in [0.717, 1.165) is 44.8 Å². The normalized spacial score (nSPS) is 20.5. The predicted octanol–water partition coefficient (Wildman–Crippen LogP) is 3.06. The summed E-state index contributed by atoms with van der Waals surface area (Å²) in [5.74, 6) is 4.82. The van der Waals surface area contributed by atoms with Gasteiger partial charge in [-0.25, -0.2) is 18.0 Å². The van der Waals surface area contributed by atoms with E-state index in [2.05, 4.69) is 100 Å². The number of hydrogen-bond donors (Lipinski definition) is 7. The molecule has 2 aromatic heterocycles. The maximum Gasteiger partial charge on any atom is 0.487 e. The number of nitrogens with one attached hydrogen (secondary N) is 2. The van der Waals surface area contributed by atoms with Gasteiger partial charge in [0.15, 0.2) is 11.4 Å². The number of H-pyrrole nitrogens is 1. The first kappa shape index (κ1) is 54.0. The van der Waals surface area contributed by atoms with Crippen LogP contribution in [-0.4, -0.2) is 128 Å². The van der Waals surface area contributed by atoms with E-state index in [1.807, 2.05) is 52.5 Å². The quantitative estimate of drug-likeness (QED) is 0.0482. The highest BCUT2D eigenvalue weighted by Gasteiger charge is 2.43. The molecule has 23 nitrogen and oxygen atoms in total. The third-order valence-corrected chi connectivity index (χ3v) is 16.0. The van der Waals surface area contributed by atoms with Crippen molar-refractivity contribution in [1.29, 1.82) is 0 Å². The molecular formula is C46H55N8O15P3. The Bertz CT molecular complexity index is 3250. The number of carbonyl (C=O) groups is 2. The van der Waals surface area contributed by atoms with Crippen molar-refractivity contribution in [2.24, 2.45) is 0 Å². The molecule has 1 fully saturated rings. The maximum absolute atomic E-state index is 14.3. The molecule has 1 saturated heterocycles. The number of ether oxygens (including phenoxy) is 1. The summed E-state index contributed by atoms with van der Waals surface area (Å²) in [4.78, 5) is 89.3. The van der Waals surface area contributed by atoms with Crippen molar-refractivity contribution in [1.82, 2.24) is 24.8 Å². The highest BCUT2D eigenvalue weighted by Crippen LogP contribution is 2.65. The van der Waals surface area contributed by atoms with E-state index in [-0.39, 0.29) is 65.7 Å². The fourth-order valence-corrected chi connectivity index (χ4v) is 11.7. The van der Waals surface area contributed by atoms with Crippen LogP contribution >= 0.6 is 23.5 Å². The van der Waals surface area contributed by atoms with E-state index in [9.17, 15) is 47.9 Å². The first-order valence-electron chi connectivity index (χ1n) is 22.3. The number of hydrogen-bond acceptors (Lipinski definition) is 15. The van der Waals surface area contributed by atoms with Crippen LogP contribution < -0.4 is 26.4 Å². The van der Waals surface area contributed by atoms with Crippen LogP contribution in [-0.2, 0) is 41.8 Å². The highest BCUT2D eigenvalue weighted by molar-refractivity contribution is 7.66. The fourth-order valence-electron chi connectivity index (χ4n) is 8.70. The second kappa shape index (κ2) is 21.0. The van der Waals surface area contributed by atoms with Gasteiger partial charge in [0, 0.05) is 75.5 Å². The molecule has 72 heavy (non-hydrogen) atoms. The molecule has 4 aromatic rings. The summed E-state index contributed by atoms with van der Waals surface area (Å²) >= 11 is 0. The second-order valence-corrected chi connectivity index (χ2v) is 22.5. The van der Waals surface area contributed by atoms with Crippen LogP contribution in [0.4, 0.5) is 11.6 Å². The number of benzene rings is 2. The Morgan fingerprint density at radius 3 is 2.49 bits per heavy atom. The Morgan fingerprint density at radius 1 is 1.07 bits per heavy atom. The smallest absolute Gasteiger partial charge is 0.487 e. The Morgan fingerprint density at radius 2 is 1.79 bits per heavy atom. The van der Waals surface area contributed by atoms with Crippen LogP contribution in [0.15, 0.2) is 82.8 Å². The van der Waals surface area contributed by atoms with Gasteiger partial charge in [0.05, 0.1) is 30.2 Å². The average Bonchev–Trinajstić information content (AvgIpc) is 3.84. The first-order chi connectivity index (χ1) is 33.7. The SMILES string of the molecule is CN(CCCC(=O)NCC#Cc1cn([C@H]2C[C@H](O)[C@@H](COP(=O)(O)OP(=O)(O)OP(=O)([O-])O)O2)c2nc(N)[nH]c(=O)c12)C(=O)c1ccccc1C1=C2C=CC(=[N+](C)C)C=C2C(C)(C)c2cc(N(C)C)ccc21. The zero-order chi connectivity index (χ0) is 52.7. The third-order valence-electron chi connectivity index (χ3n) is 12.2. The van der Waals surface area contributed by atoms with Crippen LogP contribution in [0.1, 0.15) is 71.9 Å². The molecule has 2 amide bonds. The molecule has 7 rings (SSSR count). The number of allylic oxidation sites excluding steroid dienone is 5. The molecule has 0 saturated carbocycles. The van der Waals surface area contributed by atoms with Crippen molar-refractivity contribution in [2.45, 2.75) is 57.0 Å². The van der Waals surface area contributed by atoms with Crippen LogP contribution in [0.25, 0.3) is 16.6 Å². The molecule has 3 unspecified atom stereocenters. The lowest BCUT2D eigenvalue weighted by molar-refractivity contribution is -0.462. The highest BCUT2D eigenvalue weighted by atomic mass is 31.3. The summed E-state index contributed by atoms with van der Waals surface area (Å²) in [6.45, 7) is 3.66. The van der Waals surface area contributed by atoms with Gasteiger partial charge in [0.1, 0.15) is 26.4 Å². The van der Waals surface area contributed by atoms with E-state index < -0.39 is 54.1 Å². The van der Waals surface area contributed by atoms with Crippen molar-refractivity contribution >= 4 is 69.2 Å². The Hall–Kier alpha value is -5.82. The molecule has 3 heterocycles. The van der Waals surface area contributed by atoms with Gasteiger partial charge in [-0.2, -0.15) is 9.29 Å². The summed E-state index contributed by atoms with van der Waals surface area (Å²) in [5.41, 5.74) is 13.7. The lowest BCUT2D eigenvalue weighted by atomic mass is 9.64. The Balaban J connectivity index is 0.996. The fraction of sp³-hybridized carbons (Fsp3) is 0.370. The maximum atomic E-state index is 14.3. The van der Waals surface area contributed by atoms with E-state index in [1.165, 1.54) is 10.8 Å². The van der Waals surface area contributed by atoms with Crippen LogP contribution in [0.3, 0.4) is 0 Å². The number of nitrogen functional groups attached to an aromatic ring is 1. The summed E-state index contributed by atoms with van der Waals surface area (Å²) in [7, 11) is -7.52. The van der Waals surface area contributed by atoms with Gasteiger partial charge in [0.25, 0.3) is 19.3 Å². The first-order valence-corrected chi connectivity index (χ1v) is 26.8. The van der Waals surface area contributed by atoms with Crippen LogP contribution in [0, 0.1) is 11.8 Å². The molecule has 0 spiro atoms. The van der Waals surface area contributed by atoms with E-state index in [4.69, 9.17) is 15.4 Å². The molecule has 3 aliphatic rings. The van der Waals surface area contributed by atoms with Crippen molar-refractivity contribution in [3.05, 3.63) is 116 Å². The predicted molar refractivity (Wildman–Crippen MR) is 264 cm³/mol. The molecule has 26 heteroatoms. The van der Waals surface area contributed by atoms with Gasteiger partial charge in [-0.05, 0) is 64.1 Å². The number of carbonyl (C=O) groups excluding carboxylic acids is 2. The van der Waals surface area contributed by atoms with Gasteiger partial charge in [-0.15, -0.1) is 0 Å². The van der Waals surface area contributed by atoms with E-state index in [1.54, 1.807) is 11.9 Å². The zero-order valence-corrected chi connectivity index (χ0v) is 42.9. The average molecular weight is 1050 g/mol. The Kier molecular flexibility index (Phi) is 15.7. The van der Waals surface area contributed by atoms with Crippen molar-refractivity contribution in [3.63, 3.8) is 0 Å². The third kappa shape index (κ3) is 12.0. The minimum atomic E-state index is -5.87. The van der Waals surface area contributed by atoms with Crippen LogP contribution in [0.5, 0.6) is 0 Å². The number of nitrogens with zero attached hydrogens (tertiary/aromatic N) is 5. The number of anilines is 2. The number of amides is 2. The topological polar surface area (TPSA) is 324 Å². The summed E-state index contributed by atoms with van der Waals surface area (Å²) in [6.07, 6.45) is 4.14. The zero-order valence-electron chi connectivity index (χ0n) is 40.3. The number of aromatic nitrogens is 3. The number of phosphoric acid groups is 3. The van der Waals surface area contributed by atoms with Crippen molar-refractivity contribution in [3.8, 4) is 11.8 Å². The summed E-state index contributed by atoms with van der Waals surface area (Å²) in [5, 5.41) is 13.4. The number of rotatable bonds is 16. The number of phosphoric ester groups is 1. The molecule has 6 atom stereocenters. The largest absolute Gasteiger partial charge is 0.756 e. The van der Waals surface area contributed by atoms with E-state index >= 15 is 0 Å². The Labute approximate surface area is 413 Å². The monoisotopic (exact) mass is 1050 g/mol. The van der Waals surface area contributed by atoms with Gasteiger partial charge >= 0.3 is 15.6 Å². The van der Waals surface area contributed by atoms with Crippen molar-refractivity contribution in [2.75, 3.05) is 65.6 Å². The number of fused-ring (bicyclic) bond motifs is 3.